The molecule has 0 spiro atoms. The maximum atomic E-state index is 12.3. The van der Waals surface area contributed by atoms with Crippen molar-refractivity contribution in [1.82, 2.24) is 0 Å². The van der Waals surface area contributed by atoms with Gasteiger partial charge in [-0.2, -0.15) is 13.2 Å². The van der Waals surface area contributed by atoms with Crippen molar-refractivity contribution in [2.75, 3.05) is 30.8 Å². The summed E-state index contributed by atoms with van der Waals surface area (Å²) in [6, 6.07) is 4.64. The Morgan fingerprint density at radius 1 is 1.28 bits per heavy atom. The van der Waals surface area contributed by atoms with E-state index in [9.17, 15) is 13.2 Å². The molecule has 0 aromatic heterocycles. The minimum atomic E-state index is -4.25. The van der Waals surface area contributed by atoms with Crippen LogP contribution in [-0.4, -0.2) is 26.4 Å². The lowest BCUT2D eigenvalue weighted by molar-refractivity contribution is -0.119. The molecule has 0 radical (unpaired) electrons. The van der Waals surface area contributed by atoms with Gasteiger partial charge < -0.3 is 15.4 Å². The van der Waals surface area contributed by atoms with Crippen LogP contribution in [0.1, 0.15) is 13.3 Å². The number of nitrogens with zero attached hydrogens (tertiary/aromatic N) is 1. The second-order valence-electron chi connectivity index (χ2n) is 4.08. The molecule has 3 nitrogen and oxygen atoms in total. The molecule has 6 heteroatoms. The fraction of sp³-hybridized carbons (Fsp3) is 0.500. The highest BCUT2D eigenvalue weighted by molar-refractivity contribution is 5.60. The monoisotopic (exact) mass is 262 g/mol. The molecular formula is C12H17F3N2O. The molecule has 0 aliphatic carbocycles. The van der Waals surface area contributed by atoms with Crippen LogP contribution in [0, 0.1) is 0 Å². The molecule has 2 N–H and O–H groups in total. The fourth-order valence-electron chi connectivity index (χ4n) is 1.49. The molecule has 0 atom stereocenters. The van der Waals surface area contributed by atoms with Gasteiger partial charge in [-0.15, -0.1) is 0 Å². The molecule has 0 saturated carbocycles. The van der Waals surface area contributed by atoms with Crippen molar-refractivity contribution in [3.05, 3.63) is 18.2 Å². The number of rotatable bonds is 5. The third-order valence-corrected chi connectivity index (χ3v) is 2.24. The Morgan fingerprint density at radius 2 is 1.94 bits per heavy atom. The molecule has 1 rings (SSSR count). The minimum Gasteiger partial charge on any atom is -0.493 e. The highest BCUT2D eigenvalue weighted by Crippen LogP contribution is 2.27. The molecule has 0 amide bonds. The maximum Gasteiger partial charge on any atom is 0.405 e. The van der Waals surface area contributed by atoms with Crippen LogP contribution in [0.5, 0.6) is 5.75 Å². The van der Waals surface area contributed by atoms with Crippen LogP contribution in [0.15, 0.2) is 18.2 Å². The molecule has 1 aromatic rings. The molecule has 0 fully saturated rings. The van der Waals surface area contributed by atoms with Gasteiger partial charge in [-0.05, 0) is 12.5 Å². The third-order valence-electron chi connectivity index (χ3n) is 2.24. The Kier molecular flexibility index (Phi) is 4.69. The lowest BCUT2D eigenvalue weighted by atomic mass is 10.2. The van der Waals surface area contributed by atoms with Crippen LogP contribution >= 0.6 is 0 Å². The van der Waals surface area contributed by atoms with Crippen LogP contribution in [-0.2, 0) is 0 Å². The van der Waals surface area contributed by atoms with Crippen molar-refractivity contribution in [2.24, 2.45) is 0 Å². The predicted octanol–water partition coefficient (Wildman–Crippen LogP) is 3.06. The van der Waals surface area contributed by atoms with E-state index >= 15 is 0 Å². The number of nitrogens with two attached hydrogens (primary N) is 1. The van der Waals surface area contributed by atoms with Gasteiger partial charge in [0.25, 0.3) is 0 Å². The van der Waals surface area contributed by atoms with Gasteiger partial charge in [0, 0.05) is 30.6 Å². The van der Waals surface area contributed by atoms with Gasteiger partial charge in [0.1, 0.15) is 12.3 Å². The molecule has 0 aliphatic rings. The summed E-state index contributed by atoms with van der Waals surface area (Å²) in [6.07, 6.45) is -3.42. The fourth-order valence-corrected chi connectivity index (χ4v) is 1.49. The normalized spacial score (nSPS) is 11.4. The van der Waals surface area contributed by atoms with E-state index in [2.05, 4.69) is 0 Å². The number of ether oxygens (including phenoxy) is 1. The first-order valence-corrected chi connectivity index (χ1v) is 5.63. The summed E-state index contributed by atoms with van der Waals surface area (Å²) < 4.78 is 42.2. The van der Waals surface area contributed by atoms with Crippen LogP contribution in [0.4, 0.5) is 24.5 Å². The highest BCUT2D eigenvalue weighted by atomic mass is 19.4. The zero-order valence-corrected chi connectivity index (χ0v) is 10.4. The van der Waals surface area contributed by atoms with Gasteiger partial charge in [-0.25, -0.2) is 0 Å². The van der Waals surface area contributed by atoms with Crippen LogP contribution in [0.3, 0.4) is 0 Å². The number of benzene rings is 1. The zero-order chi connectivity index (χ0) is 13.8. The topological polar surface area (TPSA) is 38.5 Å². The first-order chi connectivity index (χ1) is 8.31. The standard InChI is InChI=1S/C12H17F3N2O/c1-3-4-18-11-6-9(16)5-10(7-11)17(2)8-12(13,14)15/h5-7H,3-4,8,16H2,1-2H3. The summed E-state index contributed by atoms with van der Waals surface area (Å²) in [5, 5.41) is 0. The van der Waals surface area contributed by atoms with E-state index in [1.165, 1.54) is 13.1 Å². The van der Waals surface area contributed by atoms with E-state index in [1.807, 2.05) is 6.92 Å². The van der Waals surface area contributed by atoms with Gasteiger partial charge >= 0.3 is 6.18 Å². The van der Waals surface area contributed by atoms with Gasteiger partial charge in [0.2, 0.25) is 0 Å². The number of hydrogen-bond acceptors (Lipinski definition) is 3. The van der Waals surface area contributed by atoms with Gasteiger partial charge in [0.05, 0.1) is 6.61 Å². The van der Waals surface area contributed by atoms with Crippen molar-refractivity contribution in [2.45, 2.75) is 19.5 Å². The highest BCUT2D eigenvalue weighted by Gasteiger charge is 2.29. The quantitative estimate of drug-likeness (QED) is 0.829. The van der Waals surface area contributed by atoms with E-state index in [0.29, 0.717) is 23.7 Å². The van der Waals surface area contributed by atoms with Crippen molar-refractivity contribution in [3.63, 3.8) is 0 Å². The molecule has 0 aliphatic heterocycles. The molecule has 0 heterocycles. The average molecular weight is 262 g/mol. The summed E-state index contributed by atoms with van der Waals surface area (Å²) in [7, 11) is 1.37. The average Bonchev–Trinajstić information content (AvgIpc) is 2.23. The third kappa shape index (κ3) is 4.73. The van der Waals surface area contributed by atoms with E-state index in [1.54, 1.807) is 12.1 Å². The zero-order valence-electron chi connectivity index (χ0n) is 10.4. The molecule has 0 bridgehead atoms. The Morgan fingerprint density at radius 3 is 2.50 bits per heavy atom. The lowest BCUT2D eigenvalue weighted by Gasteiger charge is -2.22. The summed E-state index contributed by atoms with van der Waals surface area (Å²) in [5.41, 5.74) is 6.41. The lowest BCUT2D eigenvalue weighted by Crippen LogP contribution is -2.30. The Hall–Kier alpha value is -1.59. The van der Waals surface area contributed by atoms with Crippen LogP contribution in [0.25, 0.3) is 0 Å². The van der Waals surface area contributed by atoms with E-state index in [4.69, 9.17) is 10.5 Å². The first kappa shape index (κ1) is 14.5. The van der Waals surface area contributed by atoms with E-state index < -0.39 is 12.7 Å². The Balaban J connectivity index is 2.84. The van der Waals surface area contributed by atoms with Crippen LogP contribution in [0.2, 0.25) is 0 Å². The maximum absolute atomic E-state index is 12.3. The smallest absolute Gasteiger partial charge is 0.405 e. The van der Waals surface area contributed by atoms with Gasteiger partial charge in [-0.3, -0.25) is 0 Å². The van der Waals surface area contributed by atoms with Crippen LogP contribution < -0.4 is 15.4 Å². The largest absolute Gasteiger partial charge is 0.493 e. The van der Waals surface area contributed by atoms with Crippen molar-refractivity contribution in [1.29, 1.82) is 0 Å². The number of halogens is 3. The number of anilines is 2. The Bertz CT molecular complexity index is 393. The second kappa shape index (κ2) is 5.84. The number of alkyl halides is 3. The molecule has 18 heavy (non-hydrogen) atoms. The summed E-state index contributed by atoms with van der Waals surface area (Å²) in [5.74, 6) is 0.487. The van der Waals surface area contributed by atoms with E-state index in [0.717, 1.165) is 11.3 Å². The van der Waals surface area contributed by atoms with E-state index in [-0.39, 0.29) is 0 Å². The van der Waals surface area contributed by atoms with Gasteiger partial charge in [-0.1, -0.05) is 6.92 Å². The first-order valence-electron chi connectivity index (χ1n) is 5.63. The molecular weight excluding hydrogens is 245 g/mol. The minimum absolute atomic E-state index is 0.382. The van der Waals surface area contributed by atoms with Crippen molar-refractivity contribution in [3.8, 4) is 5.75 Å². The van der Waals surface area contributed by atoms with Crippen molar-refractivity contribution >= 4 is 11.4 Å². The summed E-state index contributed by atoms with van der Waals surface area (Å²) in [4.78, 5) is 1.09. The molecule has 0 unspecified atom stereocenters. The second-order valence-corrected chi connectivity index (χ2v) is 4.08. The molecule has 1 aromatic carbocycles. The summed E-state index contributed by atoms with van der Waals surface area (Å²) in [6.45, 7) is 1.43. The van der Waals surface area contributed by atoms with Gasteiger partial charge in [0.15, 0.2) is 0 Å². The SMILES string of the molecule is CCCOc1cc(N)cc(N(C)CC(F)(F)F)c1. The molecule has 0 saturated heterocycles. The number of nitrogen functional groups attached to an aromatic ring is 1. The molecule has 102 valence electrons. The Labute approximate surface area is 104 Å². The van der Waals surface area contributed by atoms with Crippen molar-refractivity contribution < 1.29 is 17.9 Å². The number of hydrogen-bond donors (Lipinski definition) is 1. The predicted molar refractivity (Wildman–Crippen MR) is 66.0 cm³/mol. The summed E-state index contributed by atoms with van der Waals surface area (Å²) >= 11 is 0.